The number of nitrogens with two attached hydrogens (primary N) is 1. The SMILES string of the molecule is C[C@@H]([NH2+]CC(=O)NC(=O)NC12CC3CC(CC(C3)C1)C2)c1ccc(F)cc1F. The second kappa shape index (κ2) is 7.43. The first-order chi connectivity index (χ1) is 13.3. The Kier molecular flexibility index (Phi) is 5.12. The lowest BCUT2D eigenvalue weighted by molar-refractivity contribution is -0.682. The van der Waals surface area contributed by atoms with E-state index < -0.39 is 23.6 Å². The molecule has 28 heavy (non-hydrogen) atoms. The van der Waals surface area contributed by atoms with Gasteiger partial charge in [0.1, 0.15) is 17.7 Å². The highest BCUT2D eigenvalue weighted by molar-refractivity contribution is 5.95. The van der Waals surface area contributed by atoms with E-state index in [1.165, 1.54) is 31.4 Å². The van der Waals surface area contributed by atoms with Crippen LogP contribution in [0, 0.1) is 29.4 Å². The summed E-state index contributed by atoms with van der Waals surface area (Å²) in [5.74, 6) is 0.443. The average Bonchev–Trinajstić information content (AvgIpc) is 2.57. The van der Waals surface area contributed by atoms with Crippen LogP contribution in [0.3, 0.4) is 0 Å². The Labute approximate surface area is 163 Å². The molecule has 0 heterocycles. The highest BCUT2D eigenvalue weighted by Crippen LogP contribution is 2.55. The van der Waals surface area contributed by atoms with Crippen molar-refractivity contribution in [3.63, 3.8) is 0 Å². The van der Waals surface area contributed by atoms with Crippen molar-refractivity contribution in [3.05, 3.63) is 35.4 Å². The molecule has 4 aliphatic rings. The number of carbonyl (C=O) groups is 2. The molecule has 1 atom stereocenters. The van der Waals surface area contributed by atoms with Gasteiger partial charge in [-0.05, 0) is 75.3 Å². The van der Waals surface area contributed by atoms with Gasteiger partial charge >= 0.3 is 6.03 Å². The zero-order chi connectivity index (χ0) is 19.9. The number of imide groups is 1. The van der Waals surface area contributed by atoms with Gasteiger partial charge in [-0.15, -0.1) is 0 Å². The number of benzene rings is 1. The van der Waals surface area contributed by atoms with E-state index in [0.717, 1.165) is 25.3 Å². The molecule has 0 saturated heterocycles. The minimum Gasteiger partial charge on any atom is -0.332 e. The summed E-state index contributed by atoms with van der Waals surface area (Å²) in [5, 5.41) is 7.14. The van der Waals surface area contributed by atoms with Gasteiger partial charge in [-0.2, -0.15) is 0 Å². The fraction of sp³-hybridized carbons (Fsp3) is 0.619. The van der Waals surface area contributed by atoms with Crippen LogP contribution in [0.1, 0.15) is 57.1 Å². The highest BCUT2D eigenvalue weighted by Gasteiger charge is 2.51. The van der Waals surface area contributed by atoms with Gasteiger partial charge in [0.05, 0.1) is 0 Å². The summed E-state index contributed by atoms with van der Waals surface area (Å²) in [7, 11) is 0. The Bertz CT molecular complexity index is 748. The van der Waals surface area contributed by atoms with Crippen molar-refractivity contribution in [1.82, 2.24) is 10.6 Å². The summed E-state index contributed by atoms with van der Waals surface area (Å²) in [6.45, 7) is 1.73. The van der Waals surface area contributed by atoms with Gasteiger partial charge in [-0.1, -0.05) is 0 Å². The number of amides is 3. The van der Waals surface area contributed by atoms with Crippen molar-refractivity contribution >= 4 is 11.9 Å². The minimum atomic E-state index is -0.635. The van der Waals surface area contributed by atoms with Crippen LogP contribution < -0.4 is 16.0 Å². The second-order valence-electron chi connectivity index (χ2n) is 9.09. The molecule has 5 nitrogen and oxygen atoms in total. The lowest BCUT2D eigenvalue weighted by Crippen LogP contribution is -2.87. The van der Waals surface area contributed by atoms with E-state index in [9.17, 15) is 18.4 Å². The predicted octanol–water partition coefficient (Wildman–Crippen LogP) is 2.38. The Morgan fingerprint density at radius 3 is 2.32 bits per heavy atom. The van der Waals surface area contributed by atoms with Gasteiger partial charge in [0, 0.05) is 17.2 Å². The normalized spacial score (nSPS) is 31.5. The van der Waals surface area contributed by atoms with Crippen LogP contribution in [0.15, 0.2) is 18.2 Å². The predicted molar refractivity (Wildman–Crippen MR) is 99.1 cm³/mol. The van der Waals surface area contributed by atoms with Gasteiger partial charge < -0.3 is 10.6 Å². The molecule has 5 rings (SSSR count). The zero-order valence-corrected chi connectivity index (χ0v) is 16.1. The van der Waals surface area contributed by atoms with Gasteiger partial charge in [-0.25, -0.2) is 13.6 Å². The van der Waals surface area contributed by atoms with E-state index >= 15 is 0 Å². The minimum absolute atomic E-state index is 0.00766. The molecule has 0 aliphatic heterocycles. The largest absolute Gasteiger partial charge is 0.332 e. The fourth-order valence-electron chi connectivity index (χ4n) is 6.00. The van der Waals surface area contributed by atoms with Crippen LogP contribution in [-0.2, 0) is 4.79 Å². The summed E-state index contributed by atoms with van der Waals surface area (Å²) in [6, 6.07) is 2.61. The monoisotopic (exact) mass is 392 g/mol. The maximum absolute atomic E-state index is 13.8. The molecule has 3 amide bonds. The maximum Gasteiger partial charge on any atom is 0.322 e. The van der Waals surface area contributed by atoms with Crippen molar-refractivity contribution in [2.24, 2.45) is 17.8 Å². The van der Waals surface area contributed by atoms with Crippen LogP contribution in [0.2, 0.25) is 0 Å². The molecule has 0 aromatic heterocycles. The lowest BCUT2D eigenvalue weighted by atomic mass is 9.53. The molecule has 4 aliphatic carbocycles. The number of quaternary nitrogens is 1. The van der Waals surface area contributed by atoms with Gasteiger partial charge in [0.15, 0.2) is 6.54 Å². The van der Waals surface area contributed by atoms with Gasteiger partial charge in [0.2, 0.25) is 0 Å². The van der Waals surface area contributed by atoms with Gasteiger partial charge in [0.25, 0.3) is 5.91 Å². The molecule has 0 radical (unpaired) electrons. The number of nitrogens with one attached hydrogen (secondary N) is 2. The topological polar surface area (TPSA) is 74.8 Å². The molecule has 7 heteroatoms. The fourth-order valence-corrected chi connectivity index (χ4v) is 6.00. The van der Waals surface area contributed by atoms with E-state index in [-0.39, 0.29) is 18.1 Å². The van der Waals surface area contributed by atoms with Crippen LogP contribution in [0.25, 0.3) is 0 Å². The summed E-state index contributed by atoms with van der Waals surface area (Å²) >= 11 is 0. The van der Waals surface area contributed by atoms with E-state index in [0.29, 0.717) is 23.3 Å². The first-order valence-electron chi connectivity index (χ1n) is 10.2. The van der Waals surface area contributed by atoms with E-state index in [1.54, 1.807) is 12.2 Å². The standard InChI is InChI=1S/C21H27F2N3O2/c1-12(17-3-2-16(22)7-18(17)23)24-11-19(27)25-20(28)26-21-8-13-4-14(9-21)6-15(5-13)10-21/h2-3,7,12-15,24H,4-6,8-11H2,1H3,(H2,25,26,27,28)/p+1/t12-,13?,14?,15?,21?/m1/s1. The summed E-state index contributed by atoms with van der Waals surface area (Å²) in [4.78, 5) is 24.5. The number of halogens is 2. The highest BCUT2D eigenvalue weighted by atomic mass is 19.1. The molecule has 1 aromatic carbocycles. The molecule has 1 aromatic rings. The number of rotatable bonds is 5. The van der Waals surface area contributed by atoms with Crippen molar-refractivity contribution in [1.29, 1.82) is 0 Å². The second-order valence-corrected chi connectivity index (χ2v) is 9.09. The lowest BCUT2D eigenvalue weighted by Gasteiger charge is -2.56. The van der Waals surface area contributed by atoms with Crippen molar-refractivity contribution in [3.8, 4) is 0 Å². The quantitative estimate of drug-likeness (QED) is 0.720. The average molecular weight is 392 g/mol. The maximum atomic E-state index is 13.8. The molecule has 4 N–H and O–H groups in total. The van der Waals surface area contributed by atoms with Crippen molar-refractivity contribution in [2.45, 2.75) is 57.0 Å². The third-order valence-corrected chi connectivity index (χ3v) is 6.78. The third kappa shape index (κ3) is 4.04. The summed E-state index contributed by atoms with van der Waals surface area (Å²) in [5.41, 5.74) is 0.181. The van der Waals surface area contributed by atoms with Crippen LogP contribution >= 0.6 is 0 Å². The zero-order valence-electron chi connectivity index (χ0n) is 16.1. The molecule has 152 valence electrons. The van der Waals surface area contributed by atoms with Crippen LogP contribution in [-0.4, -0.2) is 24.0 Å². The van der Waals surface area contributed by atoms with Crippen LogP contribution in [0.4, 0.5) is 13.6 Å². The number of urea groups is 1. The molecule has 4 saturated carbocycles. The molecule has 4 fully saturated rings. The Morgan fingerprint density at radius 1 is 1.14 bits per heavy atom. The third-order valence-electron chi connectivity index (χ3n) is 6.78. The Balaban J connectivity index is 1.26. The molecule has 0 spiro atoms. The van der Waals surface area contributed by atoms with E-state index in [1.807, 2.05) is 0 Å². The van der Waals surface area contributed by atoms with E-state index in [4.69, 9.17) is 0 Å². The molecular weight excluding hydrogens is 364 g/mol. The first kappa shape index (κ1) is 19.3. The molecule has 4 bridgehead atoms. The van der Waals surface area contributed by atoms with Gasteiger partial charge in [-0.3, -0.25) is 10.1 Å². The first-order valence-corrected chi connectivity index (χ1v) is 10.2. The molecular formula is C21H28F2N3O2+. The van der Waals surface area contributed by atoms with Crippen LogP contribution in [0.5, 0.6) is 0 Å². The Hall–Kier alpha value is -2.02. The summed E-state index contributed by atoms with van der Waals surface area (Å²) < 4.78 is 26.8. The number of carbonyl (C=O) groups excluding carboxylic acids is 2. The van der Waals surface area contributed by atoms with Crippen molar-refractivity contribution in [2.75, 3.05) is 6.54 Å². The Morgan fingerprint density at radius 2 is 1.75 bits per heavy atom. The molecule has 0 unspecified atom stereocenters. The van der Waals surface area contributed by atoms with Crippen molar-refractivity contribution < 1.29 is 23.7 Å². The smallest absolute Gasteiger partial charge is 0.322 e. The van der Waals surface area contributed by atoms with E-state index in [2.05, 4.69) is 10.6 Å². The summed E-state index contributed by atoms with van der Waals surface area (Å²) in [6.07, 6.45) is 6.92. The number of hydrogen-bond acceptors (Lipinski definition) is 2. The number of hydrogen-bond donors (Lipinski definition) is 3.